The summed E-state index contributed by atoms with van der Waals surface area (Å²) in [5.74, 6) is 0.0216. The molecule has 0 aliphatic heterocycles. The van der Waals surface area contributed by atoms with E-state index in [2.05, 4.69) is 41.5 Å². The van der Waals surface area contributed by atoms with E-state index in [4.69, 9.17) is 0 Å². The fourth-order valence-electron chi connectivity index (χ4n) is 2.79. The Morgan fingerprint density at radius 2 is 1.76 bits per heavy atom. The average Bonchev–Trinajstić information content (AvgIpc) is 2.96. The third-order valence-electron chi connectivity index (χ3n) is 4.13. The van der Waals surface area contributed by atoms with Crippen LogP contribution in [0.15, 0.2) is 54.6 Å². The number of aromatic nitrogens is 1. The van der Waals surface area contributed by atoms with Crippen LogP contribution in [0.25, 0.3) is 11.3 Å². The molecule has 0 spiro atoms. The maximum absolute atomic E-state index is 12.5. The number of amides is 1. The SMILES string of the molecule is Cc1ccc(-c2nc(C)sc2CC(=O)NC(C)c2ccccc2)cc1. The molecule has 0 bridgehead atoms. The van der Waals surface area contributed by atoms with E-state index in [1.165, 1.54) is 5.56 Å². The number of carbonyl (C=O) groups is 1. The number of aryl methyl sites for hydroxylation is 2. The van der Waals surface area contributed by atoms with E-state index in [1.54, 1.807) is 11.3 Å². The lowest BCUT2D eigenvalue weighted by atomic mass is 10.1. The molecule has 0 saturated heterocycles. The van der Waals surface area contributed by atoms with Crippen molar-refractivity contribution in [3.05, 3.63) is 75.6 Å². The van der Waals surface area contributed by atoms with Crippen LogP contribution in [0.5, 0.6) is 0 Å². The number of nitrogens with one attached hydrogen (secondary N) is 1. The number of carbonyl (C=O) groups excluding carboxylic acids is 1. The molecule has 0 saturated carbocycles. The lowest BCUT2D eigenvalue weighted by Crippen LogP contribution is -2.27. The standard InChI is InChI=1S/C21H22N2OS/c1-14-9-11-18(12-10-14)21-19(25-16(3)23-21)13-20(24)22-15(2)17-7-5-4-6-8-17/h4-12,15H,13H2,1-3H3,(H,22,24). The Morgan fingerprint density at radius 1 is 1.08 bits per heavy atom. The van der Waals surface area contributed by atoms with E-state index in [0.717, 1.165) is 26.7 Å². The van der Waals surface area contributed by atoms with Crippen LogP contribution in [0.4, 0.5) is 0 Å². The highest BCUT2D eigenvalue weighted by Gasteiger charge is 2.16. The van der Waals surface area contributed by atoms with Gasteiger partial charge in [0.2, 0.25) is 5.91 Å². The normalized spacial score (nSPS) is 12.0. The van der Waals surface area contributed by atoms with Gasteiger partial charge in [0.05, 0.1) is 23.2 Å². The second kappa shape index (κ2) is 7.62. The van der Waals surface area contributed by atoms with E-state index >= 15 is 0 Å². The molecule has 0 aliphatic rings. The smallest absolute Gasteiger partial charge is 0.225 e. The molecule has 3 nitrogen and oxygen atoms in total. The molecule has 1 heterocycles. The highest BCUT2D eigenvalue weighted by molar-refractivity contribution is 7.12. The van der Waals surface area contributed by atoms with Gasteiger partial charge in [-0.1, -0.05) is 60.2 Å². The Kier molecular flexibility index (Phi) is 5.29. The highest BCUT2D eigenvalue weighted by Crippen LogP contribution is 2.29. The zero-order chi connectivity index (χ0) is 17.8. The molecule has 4 heteroatoms. The molecule has 1 aromatic heterocycles. The lowest BCUT2D eigenvalue weighted by Gasteiger charge is -2.14. The Labute approximate surface area is 152 Å². The molecule has 3 rings (SSSR count). The van der Waals surface area contributed by atoms with Crippen molar-refractivity contribution in [2.24, 2.45) is 0 Å². The first-order valence-electron chi connectivity index (χ1n) is 8.40. The number of benzene rings is 2. The second-order valence-electron chi connectivity index (χ2n) is 6.25. The topological polar surface area (TPSA) is 42.0 Å². The highest BCUT2D eigenvalue weighted by atomic mass is 32.1. The summed E-state index contributed by atoms with van der Waals surface area (Å²) in [4.78, 5) is 18.2. The molecule has 0 radical (unpaired) electrons. The molecule has 25 heavy (non-hydrogen) atoms. The van der Waals surface area contributed by atoms with E-state index in [9.17, 15) is 4.79 Å². The zero-order valence-corrected chi connectivity index (χ0v) is 15.6. The van der Waals surface area contributed by atoms with Crippen molar-refractivity contribution >= 4 is 17.2 Å². The third-order valence-corrected chi connectivity index (χ3v) is 5.10. The van der Waals surface area contributed by atoms with Crippen molar-refractivity contribution in [1.29, 1.82) is 0 Å². The summed E-state index contributed by atoms with van der Waals surface area (Å²) in [7, 11) is 0. The van der Waals surface area contributed by atoms with Crippen LogP contribution in [-0.4, -0.2) is 10.9 Å². The van der Waals surface area contributed by atoms with Crippen LogP contribution < -0.4 is 5.32 Å². The molecule has 1 atom stereocenters. The quantitative estimate of drug-likeness (QED) is 0.715. The van der Waals surface area contributed by atoms with Crippen LogP contribution in [0.3, 0.4) is 0 Å². The van der Waals surface area contributed by atoms with Crippen LogP contribution in [0.1, 0.15) is 34.0 Å². The number of hydrogen-bond acceptors (Lipinski definition) is 3. The van der Waals surface area contributed by atoms with Gasteiger partial charge in [0.15, 0.2) is 0 Å². The summed E-state index contributed by atoms with van der Waals surface area (Å²) in [5.41, 5.74) is 4.31. The van der Waals surface area contributed by atoms with E-state index in [1.807, 2.05) is 44.2 Å². The number of thiazole rings is 1. The number of hydrogen-bond donors (Lipinski definition) is 1. The Morgan fingerprint density at radius 3 is 2.44 bits per heavy atom. The number of nitrogens with zero attached hydrogens (tertiary/aromatic N) is 1. The predicted molar refractivity (Wildman–Crippen MR) is 104 cm³/mol. The molecule has 3 aromatic rings. The van der Waals surface area contributed by atoms with Crippen LogP contribution in [0.2, 0.25) is 0 Å². The Balaban J connectivity index is 1.74. The minimum atomic E-state index is -0.00876. The summed E-state index contributed by atoms with van der Waals surface area (Å²) in [6.45, 7) is 6.05. The maximum atomic E-state index is 12.5. The Bertz CT molecular complexity index is 853. The molecular weight excluding hydrogens is 328 g/mol. The summed E-state index contributed by atoms with van der Waals surface area (Å²) in [6.07, 6.45) is 0.353. The van der Waals surface area contributed by atoms with Crippen molar-refractivity contribution < 1.29 is 4.79 Å². The van der Waals surface area contributed by atoms with Gasteiger partial charge < -0.3 is 5.32 Å². The average molecular weight is 350 g/mol. The summed E-state index contributed by atoms with van der Waals surface area (Å²) < 4.78 is 0. The molecule has 1 amide bonds. The van der Waals surface area contributed by atoms with E-state index in [-0.39, 0.29) is 11.9 Å². The largest absolute Gasteiger partial charge is 0.349 e. The molecular formula is C21H22N2OS. The molecule has 0 fully saturated rings. The fraction of sp³-hybridized carbons (Fsp3) is 0.238. The second-order valence-corrected chi connectivity index (χ2v) is 7.54. The van der Waals surface area contributed by atoms with Crippen molar-refractivity contribution in [2.45, 2.75) is 33.2 Å². The van der Waals surface area contributed by atoms with Gasteiger partial charge in [0, 0.05) is 10.4 Å². The molecule has 1 unspecified atom stereocenters. The summed E-state index contributed by atoms with van der Waals surface area (Å²) in [5, 5.41) is 4.06. The van der Waals surface area contributed by atoms with E-state index < -0.39 is 0 Å². The lowest BCUT2D eigenvalue weighted by molar-refractivity contribution is -0.121. The van der Waals surface area contributed by atoms with Gasteiger partial charge in [0.1, 0.15) is 0 Å². The first-order chi connectivity index (χ1) is 12.0. The third kappa shape index (κ3) is 4.34. The van der Waals surface area contributed by atoms with Gasteiger partial charge in [-0.15, -0.1) is 11.3 Å². The van der Waals surface area contributed by atoms with E-state index in [0.29, 0.717) is 6.42 Å². The number of rotatable bonds is 5. The maximum Gasteiger partial charge on any atom is 0.225 e. The van der Waals surface area contributed by atoms with Crippen molar-refractivity contribution in [1.82, 2.24) is 10.3 Å². The van der Waals surface area contributed by atoms with Crippen molar-refractivity contribution in [3.63, 3.8) is 0 Å². The fourth-order valence-corrected chi connectivity index (χ4v) is 3.75. The summed E-state index contributed by atoms with van der Waals surface area (Å²) >= 11 is 1.59. The van der Waals surface area contributed by atoms with Gasteiger partial charge in [-0.2, -0.15) is 0 Å². The van der Waals surface area contributed by atoms with Gasteiger partial charge in [-0.3, -0.25) is 4.79 Å². The van der Waals surface area contributed by atoms with Crippen molar-refractivity contribution in [3.8, 4) is 11.3 Å². The van der Waals surface area contributed by atoms with Gasteiger partial charge in [0.25, 0.3) is 0 Å². The minimum absolute atomic E-state index is 0.00876. The van der Waals surface area contributed by atoms with Gasteiger partial charge in [-0.05, 0) is 26.3 Å². The van der Waals surface area contributed by atoms with Gasteiger partial charge in [-0.25, -0.2) is 4.98 Å². The minimum Gasteiger partial charge on any atom is -0.349 e. The zero-order valence-electron chi connectivity index (χ0n) is 14.7. The molecule has 2 aromatic carbocycles. The Hall–Kier alpha value is -2.46. The van der Waals surface area contributed by atoms with Crippen LogP contribution >= 0.6 is 11.3 Å². The first-order valence-corrected chi connectivity index (χ1v) is 9.22. The first kappa shape index (κ1) is 17.4. The molecule has 1 N–H and O–H groups in total. The van der Waals surface area contributed by atoms with Crippen molar-refractivity contribution in [2.75, 3.05) is 0 Å². The molecule has 0 aliphatic carbocycles. The predicted octanol–water partition coefficient (Wildman–Crippen LogP) is 4.85. The molecule has 128 valence electrons. The monoisotopic (exact) mass is 350 g/mol. The van der Waals surface area contributed by atoms with Crippen LogP contribution in [0, 0.1) is 13.8 Å². The van der Waals surface area contributed by atoms with Crippen LogP contribution in [-0.2, 0) is 11.2 Å². The summed E-state index contributed by atoms with van der Waals surface area (Å²) in [6, 6.07) is 18.3. The van der Waals surface area contributed by atoms with Gasteiger partial charge >= 0.3 is 0 Å².